The number of rotatable bonds is 3. The Bertz CT molecular complexity index is 606. The fraction of sp³-hybridized carbons (Fsp3) is 0.778. The van der Waals surface area contributed by atoms with E-state index in [2.05, 4.69) is 10.1 Å². The minimum atomic E-state index is -0.341. The summed E-state index contributed by atoms with van der Waals surface area (Å²) in [5, 5.41) is 5.56. The molecular formula is C18H27N3O4. The van der Waals surface area contributed by atoms with E-state index < -0.39 is 0 Å². The molecule has 0 N–H and O–H groups in total. The van der Waals surface area contributed by atoms with Gasteiger partial charge in [0, 0.05) is 25.2 Å². The third kappa shape index (κ3) is 3.45. The first kappa shape index (κ1) is 17.0. The second kappa shape index (κ2) is 7.05. The zero-order valence-electron chi connectivity index (χ0n) is 15.1. The number of piperidine rings is 1. The third-order valence-corrected chi connectivity index (χ3v) is 5.72. The SMILES string of the molecule is Cc1noc(C)c1CN1CC[C@H]2C[C@H](C(=O)N3CCCCO3)O[C@@H]2C1. The van der Waals surface area contributed by atoms with Crippen molar-refractivity contribution in [2.75, 3.05) is 26.2 Å². The highest BCUT2D eigenvalue weighted by Crippen LogP contribution is 2.35. The zero-order valence-corrected chi connectivity index (χ0v) is 15.1. The number of aryl methyl sites for hydroxylation is 2. The van der Waals surface area contributed by atoms with Crippen molar-refractivity contribution in [1.29, 1.82) is 0 Å². The van der Waals surface area contributed by atoms with Crippen LogP contribution in [0.1, 0.15) is 42.7 Å². The first-order chi connectivity index (χ1) is 12.1. The highest BCUT2D eigenvalue weighted by Gasteiger charge is 2.43. The van der Waals surface area contributed by atoms with Gasteiger partial charge in [0.25, 0.3) is 5.91 Å². The van der Waals surface area contributed by atoms with Gasteiger partial charge in [-0.25, -0.2) is 5.06 Å². The molecule has 0 bridgehead atoms. The highest BCUT2D eigenvalue weighted by molar-refractivity contribution is 5.80. The molecule has 4 heterocycles. The van der Waals surface area contributed by atoms with E-state index in [0.29, 0.717) is 19.1 Å². The molecule has 3 saturated heterocycles. The van der Waals surface area contributed by atoms with Crippen LogP contribution in [-0.4, -0.2) is 59.5 Å². The van der Waals surface area contributed by atoms with E-state index in [0.717, 1.165) is 56.8 Å². The van der Waals surface area contributed by atoms with E-state index in [-0.39, 0.29) is 18.1 Å². The molecule has 3 fully saturated rings. The number of aromatic nitrogens is 1. The second-order valence-electron chi connectivity index (χ2n) is 7.47. The quantitative estimate of drug-likeness (QED) is 0.829. The van der Waals surface area contributed by atoms with Crippen molar-refractivity contribution in [3.63, 3.8) is 0 Å². The average Bonchev–Trinajstić information content (AvgIpc) is 3.20. The minimum absolute atomic E-state index is 0.00590. The van der Waals surface area contributed by atoms with Crippen molar-refractivity contribution in [3.05, 3.63) is 17.0 Å². The molecule has 0 radical (unpaired) electrons. The van der Waals surface area contributed by atoms with Gasteiger partial charge in [0.05, 0.1) is 18.4 Å². The third-order valence-electron chi connectivity index (χ3n) is 5.72. The Hall–Kier alpha value is -1.44. The van der Waals surface area contributed by atoms with Gasteiger partial charge in [0.1, 0.15) is 11.9 Å². The van der Waals surface area contributed by atoms with Gasteiger partial charge in [0.2, 0.25) is 0 Å². The van der Waals surface area contributed by atoms with Crippen LogP contribution in [0.4, 0.5) is 0 Å². The Morgan fingerprint density at radius 2 is 2.16 bits per heavy atom. The molecule has 138 valence electrons. The molecule has 3 aliphatic rings. The normalized spacial score (nSPS) is 30.5. The molecule has 1 aromatic rings. The Labute approximate surface area is 148 Å². The van der Waals surface area contributed by atoms with Crippen LogP contribution in [0.5, 0.6) is 0 Å². The molecule has 3 atom stereocenters. The van der Waals surface area contributed by atoms with Gasteiger partial charge in [-0.15, -0.1) is 0 Å². The van der Waals surface area contributed by atoms with Crippen molar-refractivity contribution < 1.29 is 18.9 Å². The van der Waals surface area contributed by atoms with Crippen LogP contribution in [0.15, 0.2) is 4.52 Å². The lowest BCUT2D eigenvalue weighted by Gasteiger charge is -2.34. The molecule has 0 aliphatic carbocycles. The van der Waals surface area contributed by atoms with Gasteiger partial charge >= 0.3 is 0 Å². The summed E-state index contributed by atoms with van der Waals surface area (Å²) in [4.78, 5) is 20.5. The first-order valence-electron chi connectivity index (χ1n) is 9.35. The molecule has 0 unspecified atom stereocenters. The summed E-state index contributed by atoms with van der Waals surface area (Å²) >= 11 is 0. The fourth-order valence-corrected chi connectivity index (χ4v) is 4.18. The predicted octanol–water partition coefficient (Wildman–Crippen LogP) is 1.82. The van der Waals surface area contributed by atoms with Crippen molar-refractivity contribution in [3.8, 4) is 0 Å². The topological polar surface area (TPSA) is 68.0 Å². The van der Waals surface area contributed by atoms with E-state index in [1.165, 1.54) is 10.6 Å². The smallest absolute Gasteiger partial charge is 0.275 e. The van der Waals surface area contributed by atoms with Crippen LogP contribution in [0.2, 0.25) is 0 Å². The van der Waals surface area contributed by atoms with Gasteiger partial charge < -0.3 is 9.26 Å². The number of carbonyl (C=O) groups is 1. The largest absolute Gasteiger partial charge is 0.363 e. The summed E-state index contributed by atoms with van der Waals surface area (Å²) in [7, 11) is 0. The maximum Gasteiger partial charge on any atom is 0.275 e. The van der Waals surface area contributed by atoms with Crippen molar-refractivity contribution in [2.24, 2.45) is 5.92 Å². The number of amides is 1. The Morgan fingerprint density at radius 3 is 2.88 bits per heavy atom. The Kier molecular flexibility index (Phi) is 4.80. The van der Waals surface area contributed by atoms with Crippen LogP contribution in [-0.2, 0) is 20.9 Å². The summed E-state index contributed by atoms with van der Waals surface area (Å²) in [6.07, 6.45) is 3.72. The number of carbonyl (C=O) groups excluding carboxylic acids is 1. The number of fused-ring (bicyclic) bond motifs is 1. The molecule has 3 aliphatic heterocycles. The molecule has 1 amide bonds. The Morgan fingerprint density at radius 1 is 1.28 bits per heavy atom. The van der Waals surface area contributed by atoms with Crippen molar-refractivity contribution >= 4 is 5.91 Å². The molecule has 0 aromatic carbocycles. The molecule has 1 aromatic heterocycles. The van der Waals surface area contributed by atoms with Crippen LogP contribution in [0, 0.1) is 19.8 Å². The monoisotopic (exact) mass is 349 g/mol. The van der Waals surface area contributed by atoms with Gasteiger partial charge in [-0.3, -0.25) is 14.5 Å². The summed E-state index contributed by atoms with van der Waals surface area (Å²) in [5.41, 5.74) is 2.13. The molecule has 7 nitrogen and oxygen atoms in total. The lowest BCUT2D eigenvalue weighted by molar-refractivity contribution is -0.206. The summed E-state index contributed by atoms with van der Waals surface area (Å²) in [6, 6.07) is 0. The maximum atomic E-state index is 12.6. The van der Waals surface area contributed by atoms with E-state index in [1.807, 2.05) is 13.8 Å². The minimum Gasteiger partial charge on any atom is -0.363 e. The van der Waals surface area contributed by atoms with E-state index in [4.69, 9.17) is 14.1 Å². The lowest BCUT2D eigenvalue weighted by Crippen LogP contribution is -2.43. The van der Waals surface area contributed by atoms with Crippen LogP contribution in [0.25, 0.3) is 0 Å². The second-order valence-corrected chi connectivity index (χ2v) is 7.47. The first-order valence-corrected chi connectivity index (χ1v) is 9.35. The van der Waals surface area contributed by atoms with Gasteiger partial charge in [-0.1, -0.05) is 5.16 Å². The summed E-state index contributed by atoms with van der Waals surface area (Å²) < 4.78 is 11.4. The number of hydroxylamine groups is 2. The van der Waals surface area contributed by atoms with Crippen molar-refractivity contribution in [1.82, 2.24) is 15.1 Å². The number of likely N-dealkylation sites (tertiary alicyclic amines) is 1. The van der Waals surface area contributed by atoms with Crippen LogP contribution >= 0.6 is 0 Å². The van der Waals surface area contributed by atoms with Gasteiger partial charge in [-0.05, 0) is 52.0 Å². The summed E-state index contributed by atoms with van der Waals surface area (Å²) in [5.74, 6) is 1.37. The standard InChI is InChI=1S/C18H27N3O4/c1-12-15(13(2)25-19-12)10-20-7-5-14-9-16(24-17(14)11-20)18(22)21-6-3-4-8-23-21/h14,16-17H,3-11H2,1-2H3/t14-,16+,17+/m0/s1. The maximum absolute atomic E-state index is 12.6. The summed E-state index contributed by atoms with van der Waals surface area (Å²) in [6.45, 7) is 7.98. The van der Waals surface area contributed by atoms with Gasteiger partial charge in [-0.2, -0.15) is 0 Å². The van der Waals surface area contributed by atoms with Crippen molar-refractivity contribution in [2.45, 2.75) is 58.3 Å². The fourth-order valence-electron chi connectivity index (χ4n) is 4.18. The number of nitrogens with zero attached hydrogens (tertiary/aromatic N) is 3. The van der Waals surface area contributed by atoms with E-state index >= 15 is 0 Å². The molecular weight excluding hydrogens is 322 g/mol. The number of hydrogen-bond acceptors (Lipinski definition) is 6. The number of ether oxygens (including phenoxy) is 1. The molecule has 25 heavy (non-hydrogen) atoms. The van der Waals surface area contributed by atoms with Crippen LogP contribution < -0.4 is 0 Å². The van der Waals surface area contributed by atoms with Crippen LogP contribution in [0.3, 0.4) is 0 Å². The molecule has 0 spiro atoms. The molecule has 4 rings (SSSR count). The Balaban J connectivity index is 1.35. The molecule has 0 saturated carbocycles. The predicted molar refractivity (Wildman–Crippen MR) is 89.5 cm³/mol. The zero-order chi connectivity index (χ0) is 17.4. The van der Waals surface area contributed by atoms with E-state index in [9.17, 15) is 4.79 Å². The average molecular weight is 349 g/mol. The number of hydrogen-bond donors (Lipinski definition) is 0. The van der Waals surface area contributed by atoms with Gasteiger partial charge in [0.15, 0.2) is 0 Å². The lowest BCUT2D eigenvalue weighted by atomic mass is 9.91. The highest BCUT2D eigenvalue weighted by atomic mass is 16.7. The molecule has 7 heteroatoms. The van der Waals surface area contributed by atoms with E-state index in [1.54, 1.807) is 0 Å².